The van der Waals surface area contributed by atoms with Crippen molar-refractivity contribution in [1.29, 1.82) is 0 Å². The van der Waals surface area contributed by atoms with Crippen molar-refractivity contribution in [3.05, 3.63) is 36.0 Å². The Bertz CT molecular complexity index is 1130. The number of H-pyrrole nitrogens is 1. The molecule has 0 aliphatic heterocycles. The van der Waals surface area contributed by atoms with Crippen LogP contribution in [0.5, 0.6) is 0 Å². The topological polar surface area (TPSA) is 244 Å². The summed E-state index contributed by atoms with van der Waals surface area (Å²) in [6, 6.07) is 1.36. The number of carbonyl (C=O) groups excluding carboxylic acids is 3. The Morgan fingerprint density at radius 1 is 0.946 bits per heavy atom. The van der Waals surface area contributed by atoms with E-state index in [1.165, 1.54) is 6.92 Å². The second-order valence-corrected chi connectivity index (χ2v) is 8.47. The minimum atomic E-state index is -1.68. The number of hydrogen-bond acceptors (Lipinski definition) is 8. The molecule has 202 valence electrons. The largest absolute Gasteiger partial charge is 0.481 e. The normalized spacial score (nSPS) is 15.1. The lowest BCUT2D eigenvalue weighted by Crippen LogP contribution is -2.58. The molecule has 0 bridgehead atoms. The Hall–Kier alpha value is -4.01. The highest BCUT2D eigenvalue weighted by atomic mass is 16.4. The number of nitrogens with two attached hydrogens (primary N) is 1. The summed E-state index contributed by atoms with van der Waals surface area (Å²) in [5, 5.41) is 44.6. The molecule has 14 heteroatoms. The number of carboxylic acid groups (broad SMARTS) is 2. The highest BCUT2D eigenvalue weighted by Crippen LogP contribution is 2.19. The molecular formula is C23H31N5O9. The van der Waals surface area contributed by atoms with E-state index in [-0.39, 0.29) is 6.42 Å². The minimum absolute atomic E-state index is 0.0597. The lowest BCUT2D eigenvalue weighted by atomic mass is 10.0. The van der Waals surface area contributed by atoms with Gasteiger partial charge in [-0.15, -0.1) is 0 Å². The molecule has 1 heterocycles. The molecule has 0 saturated heterocycles. The van der Waals surface area contributed by atoms with Gasteiger partial charge in [-0.25, -0.2) is 4.79 Å². The first-order valence-electron chi connectivity index (χ1n) is 11.4. The van der Waals surface area contributed by atoms with Gasteiger partial charge in [0.2, 0.25) is 17.7 Å². The van der Waals surface area contributed by atoms with Gasteiger partial charge in [-0.2, -0.15) is 0 Å². The lowest BCUT2D eigenvalue weighted by Gasteiger charge is -2.25. The second kappa shape index (κ2) is 13.3. The third-order valence-corrected chi connectivity index (χ3v) is 5.63. The Balaban J connectivity index is 2.31. The third kappa shape index (κ3) is 8.27. The number of aliphatic hydroxyl groups excluding tert-OH is 2. The summed E-state index contributed by atoms with van der Waals surface area (Å²) in [4.78, 5) is 63.7. The molecule has 0 radical (unpaired) electrons. The Morgan fingerprint density at radius 3 is 2.14 bits per heavy atom. The summed E-state index contributed by atoms with van der Waals surface area (Å²) in [6.07, 6.45) is -0.584. The lowest BCUT2D eigenvalue weighted by molar-refractivity contribution is -0.144. The fraction of sp³-hybridized carbons (Fsp3) is 0.435. The molecule has 10 N–H and O–H groups in total. The number of fused-ring (bicyclic) bond motifs is 1. The van der Waals surface area contributed by atoms with Crippen molar-refractivity contribution < 1.29 is 44.4 Å². The number of aromatic nitrogens is 1. The molecule has 0 aliphatic carbocycles. The summed E-state index contributed by atoms with van der Waals surface area (Å²) in [7, 11) is 0. The fourth-order valence-corrected chi connectivity index (χ4v) is 3.48. The summed E-state index contributed by atoms with van der Waals surface area (Å²) in [5.74, 6) is -5.55. The number of nitrogens with one attached hydrogen (secondary N) is 4. The fourth-order valence-electron chi connectivity index (χ4n) is 3.48. The van der Waals surface area contributed by atoms with Crippen molar-refractivity contribution >= 4 is 40.6 Å². The molecule has 37 heavy (non-hydrogen) atoms. The Labute approximate surface area is 211 Å². The molecule has 1 aromatic heterocycles. The number of aromatic amines is 1. The number of rotatable bonds is 14. The van der Waals surface area contributed by atoms with Crippen LogP contribution in [0.15, 0.2) is 30.5 Å². The number of aliphatic carboxylic acids is 2. The number of carbonyl (C=O) groups is 5. The summed E-state index contributed by atoms with van der Waals surface area (Å²) in [6.45, 7) is 0.364. The molecule has 5 unspecified atom stereocenters. The van der Waals surface area contributed by atoms with Gasteiger partial charge < -0.3 is 47.1 Å². The number of benzene rings is 1. The summed E-state index contributed by atoms with van der Waals surface area (Å²) < 4.78 is 0. The van der Waals surface area contributed by atoms with E-state index in [1.54, 1.807) is 24.4 Å². The van der Waals surface area contributed by atoms with Crippen LogP contribution in [0.25, 0.3) is 10.9 Å². The van der Waals surface area contributed by atoms with E-state index in [2.05, 4.69) is 15.6 Å². The average molecular weight is 522 g/mol. The van der Waals surface area contributed by atoms with Crippen LogP contribution in [0.4, 0.5) is 0 Å². The molecule has 0 aliphatic rings. The number of hydrogen-bond donors (Lipinski definition) is 9. The van der Waals surface area contributed by atoms with Crippen molar-refractivity contribution in [1.82, 2.24) is 20.9 Å². The molecule has 0 saturated carbocycles. The molecule has 2 aromatic rings. The maximum absolute atomic E-state index is 13.2. The molecule has 0 fully saturated rings. The van der Waals surface area contributed by atoms with Crippen molar-refractivity contribution in [2.45, 2.75) is 56.5 Å². The van der Waals surface area contributed by atoms with Gasteiger partial charge in [0.15, 0.2) is 0 Å². The Kier molecular flexibility index (Phi) is 10.5. The van der Waals surface area contributed by atoms with E-state index in [9.17, 15) is 34.2 Å². The van der Waals surface area contributed by atoms with Gasteiger partial charge in [0, 0.05) is 29.9 Å². The van der Waals surface area contributed by atoms with Gasteiger partial charge in [0.05, 0.1) is 12.7 Å². The zero-order valence-corrected chi connectivity index (χ0v) is 20.0. The molecule has 14 nitrogen and oxygen atoms in total. The highest BCUT2D eigenvalue weighted by Gasteiger charge is 2.31. The van der Waals surface area contributed by atoms with Crippen LogP contribution in [0.2, 0.25) is 0 Å². The van der Waals surface area contributed by atoms with E-state index in [0.717, 1.165) is 10.9 Å². The van der Waals surface area contributed by atoms with Crippen LogP contribution in [-0.4, -0.2) is 91.9 Å². The van der Waals surface area contributed by atoms with Crippen LogP contribution in [0.1, 0.15) is 25.3 Å². The monoisotopic (exact) mass is 521 g/mol. The van der Waals surface area contributed by atoms with Gasteiger partial charge in [-0.1, -0.05) is 18.2 Å². The highest BCUT2D eigenvalue weighted by molar-refractivity contribution is 5.95. The second-order valence-electron chi connectivity index (χ2n) is 8.47. The molecule has 2 rings (SSSR count). The number of amides is 3. The SMILES string of the molecule is CC(O)C(N)C(=O)NC(Cc1c[nH]c2ccccc12)C(=O)NC(CCC(=O)O)C(=O)NC(CO)C(=O)O. The Morgan fingerprint density at radius 2 is 1.54 bits per heavy atom. The van der Waals surface area contributed by atoms with Crippen LogP contribution in [0, 0.1) is 0 Å². The van der Waals surface area contributed by atoms with Crippen LogP contribution in [-0.2, 0) is 30.4 Å². The zero-order chi connectivity index (χ0) is 27.7. The van der Waals surface area contributed by atoms with Gasteiger partial charge in [-0.05, 0) is 25.0 Å². The van der Waals surface area contributed by atoms with Crippen LogP contribution in [0.3, 0.4) is 0 Å². The van der Waals surface area contributed by atoms with E-state index in [0.29, 0.717) is 5.56 Å². The molecule has 3 amide bonds. The average Bonchev–Trinajstić information content (AvgIpc) is 3.26. The number of aliphatic hydroxyl groups is 2. The van der Waals surface area contributed by atoms with Crippen molar-refractivity contribution in [2.24, 2.45) is 5.73 Å². The van der Waals surface area contributed by atoms with Gasteiger partial charge >= 0.3 is 11.9 Å². The van der Waals surface area contributed by atoms with Gasteiger partial charge in [0.25, 0.3) is 0 Å². The van der Waals surface area contributed by atoms with Gasteiger partial charge in [0.1, 0.15) is 24.2 Å². The predicted molar refractivity (Wildman–Crippen MR) is 129 cm³/mol. The van der Waals surface area contributed by atoms with E-state index < -0.39 is 79.4 Å². The summed E-state index contributed by atoms with van der Waals surface area (Å²) in [5.41, 5.74) is 7.10. The van der Waals surface area contributed by atoms with Crippen molar-refractivity contribution in [3.8, 4) is 0 Å². The van der Waals surface area contributed by atoms with E-state index in [1.807, 2.05) is 11.4 Å². The van der Waals surface area contributed by atoms with E-state index >= 15 is 0 Å². The first-order valence-corrected chi connectivity index (χ1v) is 11.4. The van der Waals surface area contributed by atoms with Gasteiger partial charge in [-0.3, -0.25) is 19.2 Å². The first-order chi connectivity index (χ1) is 17.4. The quantitative estimate of drug-likeness (QED) is 0.130. The predicted octanol–water partition coefficient (Wildman–Crippen LogP) is -2.19. The minimum Gasteiger partial charge on any atom is -0.481 e. The number of carboxylic acids is 2. The molecule has 1 aromatic carbocycles. The molecule has 5 atom stereocenters. The summed E-state index contributed by atoms with van der Waals surface area (Å²) >= 11 is 0. The maximum atomic E-state index is 13.2. The van der Waals surface area contributed by atoms with Crippen molar-refractivity contribution in [2.75, 3.05) is 6.61 Å². The molecule has 0 spiro atoms. The van der Waals surface area contributed by atoms with E-state index in [4.69, 9.17) is 15.9 Å². The third-order valence-electron chi connectivity index (χ3n) is 5.63. The molecular weight excluding hydrogens is 490 g/mol. The van der Waals surface area contributed by atoms with Crippen LogP contribution >= 0.6 is 0 Å². The maximum Gasteiger partial charge on any atom is 0.328 e. The smallest absolute Gasteiger partial charge is 0.328 e. The van der Waals surface area contributed by atoms with Crippen molar-refractivity contribution in [3.63, 3.8) is 0 Å². The first kappa shape index (κ1) is 29.2. The number of para-hydroxylation sites is 1. The van der Waals surface area contributed by atoms with Crippen LogP contribution < -0.4 is 21.7 Å². The zero-order valence-electron chi connectivity index (χ0n) is 20.0. The standard InChI is InChI=1S/C23H31N5O9/c1-11(30)19(24)22(35)27-16(8-12-9-25-14-5-3-2-4-13(12)14)21(34)26-15(6-7-18(31)32)20(33)28-17(10-29)23(36)37/h2-5,9,11,15-17,19,25,29-30H,6-8,10,24H2,1H3,(H,26,34)(H,27,35)(H,28,33)(H,31,32)(H,36,37).